The quantitative estimate of drug-likeness (QED) is 0.757. The van der Waals surface area contributed by atoms with Crippen molar-refractivity contribution in [2.45, 2.75) is 38.0 Å². The molecule has 1 atom stereocenters. The Labute approximate surface area is 96.7 Å². The summed E-state index contributed by atoms with van der Waals surface area (Å²) in [6, 6.07) is 4.38. The zero-order chi connectivity index (χ0) is 11.0. The lowest BCUT2D eigenvalue weighted by Gasteiger charge is -2.24. The van der Waals surface area contributed by atoms with Gasteiger partial charge in [-0.15, -0.1) is 0 Å². The van der Waals surface area contributed by atoms with Crippen LogP contribution in [0, 0.1) is 0 Å². The first kappa shape index (κ1) is 10.2. The lowest BCUT2D eigenvalue weighted by atomic mass is 9.89. The molecule has 1 fully saturated rings. The molecule has 1 aliphatic carbocycles. The van der Waals surface area contributed by atoms with Crippen molar-refractivity contribution < 1.29 is 5.11 Å². The van der Waals surface area contributed by atoms with Crippen LogP contribution in [0.15, 0.2) is 12.1 Å². The second-order valence-corrected chi connectivity index (χ2v) is 5.04. The molecule has 1 aromatic carbocycles. The zero-order valence-electron chi connectivity index (χ0n) is 9.63. The molecule has 1 saturated heterocycles. The third-order valence-corrected chi connectivity index (χ3v) is 4.02. The van der Waals surface area contributed by atoms with E-state index in [1.165, 1.54) is 36.0 Å². The maximum Gasteiger partial charge on any atom is 0.122 e. The number of benzene rings is 1. The van der Waals surface area contributed by atoms with E-state index in [4.69, 9.17) is 0 Å². The largest absolute Gasteiger partial charge is 0.507 e. The van der Waals surface area contributed by atoms with E-state index >= 15 is 0 Å². The van der Waals surface area contributed by atoms with E-state index in [-0.39, 0.29) is 0 Å². The van der Waals surface area contributed by atoms with Gasteiger partial charge in [-0.05, 0) is 55.3 Å². The minimum atomic E-state index is 0.514. The van der Waals surface area contributed by atoms with E-state index in [0.29, 0.717) is 11.7 Å². The van der Waals surface area contributed by atoms with E-state index in [0.717, 1.165) is 25.9 Å². The number of hydrogen-bond acceptors (Lipinski definition) is 2. The molecular weight excluding hydrogens is 198 g/mol. The second-order valence-electron chi connectivity index (χ2n) is 5.04. The number of fused-ring (bicyclic) bond motifs is 1. The summed E-state index contributed by atoms with van der Waals surface area (Å²) in [6.07, 6.45) is 5.84. The highest BCUT2D eigenvalue weighted by Crippen LogP contribution is 2.38. The van der Waals surface area contributed by atoms with Crippen LogP contribution in [0.4, 0.5) is 0 Å². The molecule has 1 aliphatic heterocycles. The Morgan fingerprint density at radius 2 is 2.12 bits per heavy atom. The number of phenols is 1. The fraction of sp³-hybridized carbons (Fsp3) is 0.571. The van der Waals surface area contributed by atoms with Crippen LogP contribution >= 0.6 is 0 Å². The van der Waals surface area contributed by atoms with Gasteiger partial charge >= 0.3 is 0 Å². The van der Waals surface area contributed by atoms with Crippen molar-refractivity contribution in [3.63, 3.8) is 0 Å². The average molecular weight is 217 g/mol. The molecule has 3 rings (SSSR count). The third-order valence-electron chi connectivity index (χ3n) is 4.02. The van der Waals surface area contributed by atoms with E-state index in [2.05, 4.69) is 17.4 Å². The third kappa shape index (κ3) is 1.61. The number of aromatic hydroxyl groups is 1. The molecule has 2 nitrogen and oxygen atoms in total. The highest BCUT2D eigenvalue weighted by molar-refractivity contribution is 5.49. The number of piperidine rings is 1. The zero-order valence-corrected chi connectivity index (χ0v) is 9.63. The Kier molecular flexibility index (Phi) is 2.60. The highest BCUT2D eigenvalue weighted by Gasteiger charge is 2.23. The maximum absolute atomic E-state index is 10.3. The number of phenolic OH excluding ortho intramolecular Hbond substituents is 1. The lowest BCUT2D eigenvalue weighted by molar-refractivity contribution is 0.422. The summed E-state index contributed by atoms with van der Waals surface area (Å²) >= 11 is 0. The van der Waals surface area contributed by atoms with E-state index in [9.17, 15) is 5.11 Å². The fourth-order valence-corrected chi connectivity index (χ4v) is 3.11. The number of hydrogen-bond donors (Lipinski definition) is 2. The normalized spacial score (nSPS) is 24.4. The summed E-state index contributed by atoms with van der Waals surface area (Å²) in [5.41, 5.74) is 3.76. The molecule has 2 N–H and O–H groups in total. The summed E-state index contributed by atoms with van der Waals surface area (Å²) < 4.78 is 0. The minimum absolute atomic E-state index is 0.514. The van der Waals surface area contributed by atoms with Gasteiger partial charge in [0.05, 0.1) is 0 Å². The summed E-state index contributed by atoms with van der Waals surface area (Å²) in [5.74, 6) is 1.11. The molecule has 0 amide bonds. The van der Waals surface area contributed by atoms with Gasteiger partial charge in [0.15, 0.2) is 0 Å². The van der Waals surface area contributed by atoms with Crippen LogP contribution < -0.4 is 5.32 Å². The molecular formula is C14H19NO. The van der Waals surface area contributed by atoms with E-state index in [1.807, 2.05) is 0 Å². The van der Waals surface area contributed by atoms with Crippen molar-refractivity contribution in [3.05, 3.63) is 28.8 Å². The van der Waals surface area contributed by atoms with Gasteiger partial charge in [-0.2, -0.15) is 0 Å². The fourth-order valence-electron chi connectivity index (χ4n) is 3.11. The molecule has 86 valence electrons. The van der Waals surface area contributed by atoms with Crippen molar-refractivity contribution in [1.29, 1.82) is 0 Å². The first-order valence-corrected chi connectivity index (χ1v) is 6.40. The maximum atomic E-state index is 10.3. The van der Waals surface area contributed by atoms with Gasteiger partial charge in [0.1, 0.15) is 5.75 Å². The van der Waals surface area contributed by atoms with E-state index in [1.54, 1.807) is 0 Å². The van der Waals surface area contributed by atoms with Crippen molar-refractivity contribution in [2.24, 2.45) is 0 Å². The molecule has 0 aromatic heterocycles. The van der Waals surface area contributed by atoms with Gasteiger partial charge < -0.3 is 10.4 Å². The Balaban J connectivity index is 1.95. The standard InChI is InChI=1S/C14H19NO/c16-14-12-5-1-3-10(12)6-7-13(14)11-4-2-8-15-9-11/h6-7,11,15-16H,1-5,8-9H2. The van der Waals surface area contributed by atoms with Crippen LogP contribution in [-0.4, -0.2) is 18.2 Å². The molecule has 1 heterocycles. The topological polar surface area (TPSA) is 32.3 Å². The van der Waals surface area contributed by atoms with Gasteiger partial charge in [-0.1, -0.05) is 12.1 Å². The Morgan fingerprint density at radius 3 is 2.94 bits per heavy atom. The second kappa shape index (κ2) is 4.10. The molecule has 1 aromatic rings. The summed E-state index contributed by atoms with van der Waals surface area (Å²) in [5, 5.41) is 13.8. The number of nitrogens with one attached hydrogen (secondary N) is 1. The van der Waals surface area contributed by atoms with Crippen molar-refractivity contribution in [1.82, 2.24) is 5.32 Å². The lowest BCUT2D eigenvalue weighted by Crippen LogP contribution is -2.28. The number of aryl methyl sites for hydroxylation is 1. The predicted octanol–water partition coefficient (Wildman–Crippen LogP) is 2.35. The van der Waals surface area contributed by atoms with Crippen LogP contribution in [0.1, 0.15) is 41.9 Å². The molecule has 0 radical (unpaired) electrons. The summed E-state index contributed by atoms with van der Waals surface area (Å²) in [7, 11) is 0. The van der Waals surface area contributed by atoms with Gasteiger partial charge in [0.25, 0.3) is 0 Å². The van der Waals surface area contributed by atoms with Gasteiger partial charge in [-0.3, -0.25) is 0 Å². The molecule has 0 bridgehead atoms. The summed E-state index contributed by atoms with van der Waals surface area (Å²) in [6.45, 7) is 2.15. The van der Waals surface area contributed by atoms with Crippen LogP contribution in [0.25, 0.3) is 0 Å². The van der Waals surface area contributed by atoms with Gasteiger partial charge in [0, 0.05) is 12.5 Å². The van der Waals surface area contributed by atoms with Gasteiger partial charge in [0.2, 0.25) is 0 Å². The Morgan fingerprint density at radius 1 is 1.19 bits per heavy atom. The highest BCUT2D eigenvalue weighted by atomic mass is 16.3. The SMILES string of the molecule is Oc1c(C2CCCNC2)ccc2c1CCC2. The molecule has 2 aliphatic rings. The Hall–Kier alpha value is -1.02. The number of rotatable bonds is 1. The van der Waals surface area contributed by atoms with Crippen LogP contribution in [-0.2, 0) is 12.8 Å². The predicted molar refractivity (Wildman–Crippen MR) is 65.0 cm³/mol. The van der Waals surface area contributed by atoms with Gasteiger partial charge in [-0.25, -0.2) is 0 Å². The molecule has 16 heavy (non-hydrogen) atoms. The van der Waals surface area contributed by atoms with Crippen molar-refractivity contribution >= 4 is 0 Å². The molecule has 0 spiro atoms. The average Bonchev–Trinajstić information content (AvgIpc) is 2.80. The Bertz CT molecular complexity index is 394. The summed E-state index contributed by atoms with van der Waals surface area (Å²) in [4.78, 5) is 0. The minimum Gasteiger partial charge on any atom is -0.507 e. The van der Waals surface area contributed by atoms with Crippen molar-refractivity contribution in [2.75, 3.05) is 13.1 Å². The molecule has 0 saturated carbocycles. The van der Waals surface area contributed by atoms with Crippen LogP contribution in [0.2, 0.25) is 0 Å². The molecule has 1 unspecified atom stereocenters. The first-order valence-electron chi connectivity index (χ1n) is 6.40. The first-order chi connectivity index (χ1) is 7.86. The van der Waals surface area contributed by atoms with Crippen molar-refractivity contribution in [3.8, 4) is 5.75 Å². The monoisotopic (exact) mass is 217 g/mol. The van der Waals surface area contributed by atoms with Crippen LogP contribution in [0.3, 0.4) is 0 Å². The van der Waals surface area contributed by atoms with E-state index < -0.39 is 0 Å². The molecule has 2 heteroatoms. The smallest absolute Gasteiger partial charge is 0.122 e. The van der Waals surface area contributed by atoms with Crippen LogP contribution in [0.5, 0.6) is 5.75 Å².